The van der Waals surface area contributed by atoms with Gasteiger partial charge in [-0.25, -0.2) is 0 Å². The molecule has 0 amide bonds. The number of benzene rings is 5. The van der Waals surface area contributed by atoms with Gasteiger partial charge in [0.1, 0.15) is 0 Å². The molecule has 0 spiro atoms. The largest absolute Gasteiger partial charge is 0.356 e. The Bertz CT molecular complexity index is 1460. The van der Waals surface area contributed by atoms with Crippen LogP contribution in [-0.4, -0.2) is 0 Å². The lowest BCUT2D eigenvalue weighted by Gasteiger charge is -2.12. The zero-order valence-electron chi connectivity index (χ0n) is 19.5. The minimum absolute atomic E-state index is 0.0694. The Morgan fingerprint density at radius 2 is 1.26 bits per heavy atom. The lowest BCUT2D eigenvalue weighted by molar-refractivity contribution is 1.55. The van der Waals surface area contributed by atoms with Crippen LogP contribution in [0.25, 0.3) is 32.7 Å². The second-order valence-corrected chi connectivity index (χ2v) is 6.39. The van der Waals surface area contributed by atoms with Crippen LogP contribution in [-0.2, 0) is 0 Å². The zero-order chi connectivity index (χ0) is 22.4. The molecule has 0 radical (unpaired) electrons. The molecule has 0 aliphatic carbocycles. The van der Waals surface area contributed by atoms with Gasteiger partial charge in [-0.1, -0.05) is 78.8 Å². The van der Waals surface area contributed by atoms with Crippen molar-refractivity contribution in [1.82, 2.24) is 0 Å². The first kappa shape index (κ1) is 11.2. The Hall–Kier alpha value is -3.58. The highest BCUT2D eigenvalue weighted by Crippen LogP contribution is 2.35. The highest BCUT2D eigenvalue weighted by atomic mass is 14.9. The highest BCUT2D eigenvalue weighted by molar-refractivity contribution is 6.13. The molecule has 1 nitrogen and oxygen atoms in total. The molecule has 0 atom stereocenters. The first-order chi connectivity index (χ1) is 15.5. The number of hydrogen-bond acceptors (Lipinski definition) is 1. The van der Waals surface area contributed by atoms with Gasteiger partial charge in [-0.05, 0) is 63.0 Å². The first-order valence-electron chi connectivity index (χ1n) is 11.3. The van der Waals surface area contributed by atoms with Gasteiger partial charge in [-0.2, -0.15) is 0 Å². The summed E-state index contributed by atoms with van der Waals surface area (Å²) >= 11 is 0. The number of hydrogen-bond donors (Lipinski definition) is 1. The Morgan fingerprint density at radius 1 is 0.593 bits per heavy atom. The van der Waals surface area contributed by atoms with Crippen LogP contribution in [0.4, 0.5) is 11.4 Å². The normalized spacial score (nSPS) is 13.6. The van der Waals surface area contributed by atoms with Crippen LogP contribution in [0.2, 0.25) is 0 Å². The molecule has 0 unspecified atom stereocenters. The zero-order valence-corrected chi connectivity index (χ0v) is 14.5. The van der Waals surface area contributed by atoms with Crippen LogP contribution in [0.3, 0.4) is 0 Å². The van der Waals surface area contributed by atoms with Gasteiger partial charge in [-0.3, -0.25) is 0 Å². The number of para-hydroxylation sites is 1. The third-order valence-electron chi connectivity index (χ3n) is 4.73. The molecule has 27 heavy (non-hydrogen) atoms. The van der Waals surface area contributed by atoms with E-state index in [1.54, 1.807) is 0 Å². The summed E-state index contributed by atoms with van der Waals surface area (Å²) in [6.45, 7) is 0. The predicted molar refractivity (Wildman–Crippen MR) is 117 cm³/mol. The maximum atomic E-state index is 8.09. The van der Waals surface area contributed by atoms with Crippen molar-refractivity contribution < 1.29 is 6.85 Å². The van der Waals surface area contributed by atoms with Crippen LogP contribution in [0, 0.1) is 0 Å². The third-order valence-corrected chi connectivity index (χ3v) is 4.73. The van der Waals surface area contributed by atoms with Gasteiger partial charge in [0.2, 0.25) is 0 Å². The molecule has 0 saturated heterocycles. The van der Waals surface area contributed by atoms with Gasteiger partial charge < -0.3 is 5.32 Å². The Kier molecular flexibility index (Phi) is 2.75. The average Bonchev–Trinajstić information content (AvgIpc) is 2.84. The van der Waals surface area contributed by atoms with E-state index in [9.17, 15) is 0 Å². The molecule has 0 aliphatic rings. The van der Waals surface area contributed by atoms with Crippen LogP contribution >= 0.6 is 0 Å². The van der Waals surface area contributed by atoms with E-state index in [-0.39, 0.29) is 29.9 Å². The van der Waals surface area contributed by atoms with E-state index in [0.29, 0.717) is 5.69 Å². The molecule has 0 heterocycles. The van der Waals surface area contributed by atoms with Crippen molar-refractivity contribution in [2.24, 2.45) is 0 Å². The summed E-state index contributed by atoms with van der Waals surface area (Å²) in [5.74, 6) is 0. The van der Waals surface area contributed by atoms with Crippen molar-refractivity contribution in [3.05, 3.63) is 109 Å². The number of rotatable bonds is 3. The van der Waals surface area contributed by atoms with Crippen LogP contribution in [0.15, 0.2) is 109 Å². The van der Waals surface area contributed by atoms with E-state index in [0.717, 1.165) is 16.5 Å². The maximum absolute atomic E-state index is 8.09. The fourth-order valence-electron chi connectivity index (χ4n) is 3.48. The highest BCUT2D eigenvalue weighted by Gasteiger charge is 2.08. The number of nitrogens with one attached hydrogen (secondary N) is 1. The van der Waals surface area contributed by atoms with E-state index in [2.05, 4.69) is 35.6 Å². The lowest BCUT2D eigenvalue weighted by atomic mass is 9.93. The third kappa shape index (κ3) is 2.94. The Morgan fingerprint density at radius 3 is 2.04 bits per heavy atom. The maximum Gasteiger partial charge on any atom is 0.0645 e. The minimum Gasteiger partial charge on any atom is -0.356 e. The average molecular weight is 350 g/mol. The van der Waals surface area contributed by atoms with E-state index < -0.39 is 6.04 Å². The van der Waals surface area contributed by atoms with E-state index in [1.807, 2.05) is 48.5 Å². The molecule has 5 rings (SSSR count). The van der Waals surface area contributed by atoms with Crippen molar-refractivity contribution in [2.45, 2.75) is 0 Å². The summed E-state index contributed by atoms with van der Waals surface area (Å²) in [5, 5.41) is 7.74. The summed E-state index contributed by atoms with van der Waals surface area (Å²) in [4.78, 5) is 0. The predicted octanol–water partition coefficient (Wildman–Crippen LogP) is 7.40. The summed E-state index contributed by atoms with van der Waals surface area (Å²) in [5.41, 5.74) is 2.88. The molecule has 0 saturated carbocycles. The SMILES string of the molecule is [2H]c1c([2H])c([2H])c(Nc2ccc(-c3cc4ccccc4c4ccccc34)cc2)c([2H])c1[2H]. The fraction of sp³-hybridized carbons (Fsp3) is 0. The molecule has 5 aromatic carbocycles. The van der Waals surface area contributed by atoms with E-state index >= 15 is 0 Å². The molecule has 1 N–H and O–H groups in total. The molecular weight excluding hydrogens is 326 g/mol. The van der Waals surface area contributed by atoms with Crippen molar-refractivity contribution in [1.29, 1.82) is 0 Å². The summed E-state index contributed by atoms with van der Waals surface area (Å²) in [6.07, 6.45) is 0. The van der Waals surface area contributed by atoms with Crippen molar-refractivity contribution >= 4 is 32.9 Å². The molecule has 0 aliphatic heterocycles. The van der Waals surface area contributed by atoms with Gasteiger partial charge in [-0.15, -0.1) is 0 Å². The van der Waals surface area contributed by atoms with Gasteiger partial charge in [0.05, 0.1) is 6.85 Å². The van der Waals surface area contributed by atoms with E-state index in [1.165, 1.54) is 16.2 Å². The monoisotopic (exact) mass is 350 g/mol. The van der Waals surface area contributed by atoms with E-state index in [4.69, 9.17) is 6.85 Å². The molecular formula is C26H19N. The molecule has 0 aromatic heterocycles. The molecule has 1 heteroatoms. The summed E-state index contributed by atoms with van der Waals surface area (Å²) < 4.78 is 39.6. The Balaban J connectivity index is 1.57. The standard InChI is InChI=1S/C26H19N/c1-2-9-21(10-3-1)27-22-16-14-19(15-17-22)26-18-20-8-4-5-11-23(20)24-12-6-7-13-25(24)26/h1-18,27H/i1D,2D,3D,9D,10D. The van der Waals surface area contributed by atoms with Gasteiger partial charge in [0, 0.05) is 11.4 Å². The second-order valence-electron chi connectivity index (χ2n) is 6.39. The summed E-state index contributed by atoms with van der Waals surface area (Å²) in [7, 11) is 0. The Labute approximate surface area is 165 Å². The quantitative estimate of drug-likeness (QED) is 0.334. The van der Waals surface area contributed by atoms with Crippen molar-refractivity contribution in [2.75, 3.05) is 5.32 Å². The van der Waals surface area contributed by atoms with Gasteiger partial charge in [0.25, 0.3) is 0 Å². The van der Waals surface area contributed by atoms with Gasteiger partial charge in [0.15, 0.2) is 0 Å². The smallest absolute Gasteiger partial charge is 0.0645 e. The van der Waals surface area contributed by atoms with Crippen LogP contribution in [0.1, 0.15) is 6.85 Å². The second kappa shape index (κ2) is 6.62. The fourth-order valence-corrected chi connectivity index (χ4v) is 3.48. The van der Waals surface area contributed by atoms with Gasteiger partial charge >= 0.3 is 0 Å². The molecule has 5 aromatic rings. The lowest BCUT2D eigenvalue weighted by Crippen LogP contribution is -1.90. The molecule has 0 bridgehead atoms. The minimum atomic E-state index is -0.399. The first-order valence-corrected chi connectivity index (χ1v) is 8.80. The molecule has 0 fully saturated rings. The van der Waals surface area contributed by atoms with Crippen LogP contribution in [0.5, 0.6) is 0 Å². The van der Waals surface area contributed by atoms with Crippen molar-refractivity contribution in [3.63, 3.8) is 0 Å². The molecule has 128 valence electrons. The van der Waals surface area contributed by atoms with Crippen molar-refractivity contribution in [3.8, 4) is 11.1 Å². The number of anilines is 2. The topological polar surface area (TPSA) is 12.0 Å². The number of fused-ring (bicyclic) bond motifs is 3. The summed E-state index contributed by atoms with van der Waals surface area (Å²) in [6, 6.07) is 24.9. The van der Waals surface area contributed by atoms with Crippen LogP contribution < -0.4 is 5.32 Å².